The van der Waals surface area contributed by atoms with Crippen molar-refractivity contribution in [3.8, 4) is 0 Å². The van der Waals surface area contributed by atoms with E-state index >= 15 is 0 Å². The molecule has 1 atom stereocenters. The summed E-state index contributed by atoms with van der Waals surface area (Å²) in [4.78, 5) is 0. The van der Waals surface area contributed by atoms with Crippen LogP contribution >= 0.6 is 15.9 Å². The quantitative estimate of drug-likeness (QED) is 0.325. The van der Waals surface area contributed by atoms with Crippen molar-refractivity contribution in [3.63, 3.8) is 0 Å². The second-order valence-electron chi connectivity index (χ2n) is 6.84. The van der Waals surface area contributed by atoms with Gasteiger partial charge in [0.2, 0.25) is 0 Å². The minimum absolute atomic E-state index is 0.297. The van der Waals surface area contributed by atoms with E-state index in [-0.39, 0.29) is 0 Å². The third-order valence-corrected chi connectivity index (χ3v) is 5.27. The van der Waals surface area contributed by atoms with E-state index in [4.69, 9.17) is 0 Å². The Balaban J connectivity index is 1.98. The molecule has 0 heterocycles. The Morgan fingerprint density at radius 2 is 1.46 bits per heavy atom. The van der Waals surface area contributed by atoms with Gasteiger partial charge in [-0.25, -0.2) is 0 Å². The van der Waals surface area contributed by atoms with Crippen molar-refractivity contribution in [1.29, 1.82) is 0 Å². The first-order valence-corrected chi connectivity index (χ1v) is 10.7. The van der Waals surface area contributed by atoms with Crippen LogP contribution in [0, 0.1) is 0 Å². The summed E-state index contributed by atoms with van der Waals surface area (Å²) in [5.74, 6) is 0.297. The van der Waals surface area contributed by atoms with Gasteiger partial charge in [0.05, 0.1) is 0 Å². The zero-order chi connectivity index (χ0) is 18.5. The summed E-state index contributed by atoms with van der Waals surface area (Å²) >= 11 is 3.81. The molecule has 0 radical (unpaired) electrons. The second-order valence-corrected chi connectivity index (χ2v) is 7.86. The van der Waals surface area contributed by atoms with E-state index in [1.165, 1.54) is 54.1 Å². The Bertz CT molecular complexity index is 655. The summed E-state index contributed by atoms with van der Waals surface area (Å²) in [6.45, 7) is 2.27. The molecule has 0 saturated carbocycles. The van der Waals surface area contributed by atoms with Gasteiger partial charge in [-0.15, -0.1) is 0 Å². The van der Waals surface area contributed by atoms with Gasteiger partial charge in [-0.1, -0.05) is 134 Å². The monoisotopic (exact) mass is 410 g/mol. The van der Waals surface area contributed by atoms with Crippen LogP contribution in [0.4, 0.5) is 0 Å². The van der Waals surface area contributed by atoms with Crippen LogP contribution in [-0.4, -0.2) is 0 Å². The molecule has 138 valence electrons. The third-order valence-electron chi connectivity index (χ3n) is 4.61. The van der Waals surface area contributed by atoms with Gasteiger partial charge < -0.3 is 0 Å². The molecule has 26 heavy (non-hydrogen) atoms. The van der Waals surface area contributed by atoms with Crippen molar-refractivity contribution >= 4 is 22.0 Å². The van der Waals surface area contributed by atoms with Crippen molar-refractivity contribution in [2.75, 3.05) is 0 Å². The minimum atomic E-state index is 0.297. The highest BCUT2D eigenvalue weighted by Gasteiger charge is 2.06. The molecule has 0 aromatic heterocycles. The van der Waals surface area contributed by atoms with Gasteiger partial charge in [-0.05, 0) is 28.5 Å². The fourth-order valence-electron chi connectivity index (χ4n) is 3.07. The maximum atomic E-state index is 3.81. The van der Waals surface area contributed by atoms with Gasteiger partial charge in [-0.2, -0.15) is 0 Å². The summed E-state index contributed by atoms with van der Waals surface area (Å²) in [5, 5.41) is 0. The van der Waals surface area contributed by atoms with E-state index in [0.29, 0.717) is 5.92 Å². The molecule has 1 unspecified atom stereocenters. The van der Waals surface area contributed by atoms with Gasteiger partial charge in [0.1, 0.15) is 0 Å². The van der Waals surface area contributed by atoms with E-state index in [1.807, 2.05) is 0 Å². The van der Waals surface area contributed by atoms with Gasteiger partial charge in [0.15, 0.2) is 0 Å². The molecular formula is C25H31Br. The van der Waals surface area contributed by atoms with Crippen LogP contribution < -0.4 is 0 Å². The Hall–Kier alpha value is -1.60. The zero-order valence-corrected chi connectivity index (χ0v) is 17.5. The summed E-state index contributed by atoms with van der Waals surface area (Å²) in [5.41, 5.74) is 2.58. The van der Waals surface area contributed by atoms with E-state index in [1.54, 1.807) is 0 Å². The fraction of sp³-hybridized carbons (Fsp3) is 0.360. The highest BCUT2D eigenvalue weighted by molar-refractivity contribution is 9.11. The maximum Gasteiger partial charge on any atom is 0.0212 e. The molecule has 2 rings (SSSR count). The Labute approximate surface area is 168 Å². The lowest BCUT2D eigenvalue weighted by atomic mass is 9.96. The van der Waals surface area contributed by atoms with Crippen LogP contribution in [0.2, 0.25) is 0 Å². The molecule has 0 bridgehead atoms. The molecule has 0 nitrogen and oxygen atoms in total. The molecule has 0 aliphatic heterocycles. The normalized spacial score (nSPS) is 13.2. The number of hydrogen-bond donors (Lipinski definition) is 0. The first-order valence-electron chi connectivity index (χ1n) is 9.94. The van der Waals surface area contributed by atoms with Crippen LogP contribution in [0.3, 0.4) is 0 Å². The third kappa shape index (κ3) is 8.19. The fourth-order valence-corrected chi connectivity index (χ4v) is 3.63. The summed E-state index contributed by atoms with van der Waals surface area (Å²) < 4.78 is 1.32. The van der Waals surface area contributed by atoms with Gasteiger partial charge in [-0.3, -0.25) is 0 Å². The number of benzene rings is 2. The largest absolute Gasteiger partial charge is 0.0726 e. The van der Waals surface area contributed by atoms with Crippen LogP contribution in [0.25, 0.3) is 6.08 Å². The first-order chi connectivity index (χ1) is 12.8. The van der Waals surface area contributed by atoms with Crippen molar-refractivity contribution in [1.82, 2.24) is 0 Å². The summed E-state index contributed by atoms with van der Waals surface area (Å²) in [6.07, 6.45) is 16.0. The molecular weight excluding hydrogens is 380 g/mol. The van der Waals surface area contributed by atoms with Crippen molar-refractivity contribution < 1.29 is 0 Å². The van der Waals surface area contributed by atoms with Crippen LogP contribution in [-0.2, 0) is 0 Å². The standard InChI is InChI=1S/C25H31Br/c1-2-3-4-5-6-13-18-25(26)21-24(23-16-11-8-12-17-23)20-19-22-14-9-7-10-15-22/h7-12,14-17,19-21,24H,2-6,13,18H2,1H3/b20-19+,25-21-. The first kappa shape index (κ1) is 20.7. The number of allylic oxidation sites excluding steroid dienone is 3. The summed E-state index contributed by atoms with van der Waals surface area (Å²) in [7, 11) is 0. The maximum absolute atomic E-state index is 3.81. The van der Waals surface area contributed by atoms with Gasteiger partial charge in [0, 0.05) is 5.92 Å². The van der Waals surface area contributed by atoms with Crippen LogP contribution in [0.15, 0.2) is 77.3 Å². The average molecular weight is 411 g/mol. The minimum Gasteiger partial charge on any atom is -0.0726 e. The van der Waals surface area contributed by atoms with Crippen LogP contribution in [0.1, 0.15) is 68.9 Å². The lowest BCUT2D eigenvalue weighted by Gasteiger charge is -2.10. The van der Waals surface area contributed by atoms with Gasteiger partial charge >= 0.3 is 0 Å². The van der Waals surface area contributed by atoms with Gasteiger partial charge in [0.25, 0.3) is 0 Å². The van der Waals surface area contributed by atoms with Crippen molar-refractivity contribution in [2.24, 2.45) is 0 Å². The zero-order valence-electron chi connectivity index (χ0n) is 15.9. The summed E-state index contributed by atoms with van der Waals surface area (Å²) in [6, 6.07) is 21.3. The Morgan fingerprint density at radius 3 is 2.15 bits per heavy atom. The predicted octanol–water partition coefficient (Wildman–Crippen LogP) is 8.51. The molecule has 2 aromatic carbocycles. The molecule has 0 N–H and O–H groups in total. The highest BCUT2D eigenvalue weighted by Crippen LogP contribution is 2.26. The molecule has 0 amide bonds. The number of halogens is 1. The number of hydrogen-bond acceptors (Lipinski definition) is 0. The number of unbranched alkanes of at least 4 members (excludes halogenated alkanes) is 5. The molecule has 0 spiro atoms. The highest BCUT2D eigenvalue weighted by atomic mass is 79.9. The second kappa shape index (κ2) is 12.7. The molecule has 0 fully saturated rings. The molecule has 2 aromatic rings. The average Bonchev–Trinajstić information content (AvgIpc) is 2.69. The topological polar surface area (TPSA) is 0 Å². The molecule has 0 aliphatic rings. The lowest BCUT2D eigenvalue weighted by molar-refractivity contribution is 0.610. The van der Waals surface area contributed by atoms with Crippen molar-refractivity contribution in [3.05, 3.63) is 88.4 Å². The van der Waals surface area contributed by atoms with E-state index in [2.05, 4.69) is 102 Å². The molecule has 0 aliphatic carbocycles. The molecule has 1 heteroatoms. The SMILES string of the molecule is CCCCCCCC/C(Br)=C/C(/C=C/c1ccccc1)c1ccccc1. The Morgan fingerprint density at radius 1 is 0.846 bits per heavy atom. The predicted molar refractivity (Wildman–Crippen MR) is 120 cm³/mol. The smallest absolute Gasteiger partial charge is 0.0212 e. The lowest BCUT2D eigenvalue weighted by Crippen LogP contribution is -1.92. The van der Waals surface area contributed by atoms with E-state index in [9.17, 15) is 0 Å². The van der Waals surface area contributed by atoms with Crippen molar-refractivity contribution in [2.45, 2.75) is 57.8 Å². The van der Waals surface area contributed by atoms with E-state index < -0.39 is 0 Å². The number of rotatable bonds is 11. The molecule has 0 saturated heterocycles. The van der Waals surface area contributed by atoms with Crippen LogP contribution in [0.5, 0.6) is 0 Å². The Kier molecular flexibility index (Phi) is 10.1. The van der Waals surface area contributed by atoms with E-state index in [0.717, 1.165) is 6.42 Å².